The van der Waals surface area contributed by atoms with Crippen molar-refractivity contribution in [2.24, 2.45) is 0 Å². The second kappa shape index (κ2) is 7.10. The molecule has 0 fully saturated rings. The molecule has 106 valence electrons. The van der Waals surface area contributed by atoms with Crippen molar-refractivity contribution in [2.75, 3.05) is 7.11 Å². The van der Waals surface area contributed by atoms with Crippen LogP contribution in [0.2, 0.25) is 0 Å². The second-order valence-electron chi connectivity index (χ2n) is 4.38. The number of carboxylic acid groups (broad SMARTS) is 1. The Bertz CT molecular complexity index is 670. The van der Waals surface area contributed by atoms with Gasteiger partial charge in [-0.05, 0) is 28.8 Å². The summed E-state index contributed by atoms with van der Waals surface area (Å²) in [6.07, 6.45) is 4.44. The highest BCUT2D eigenvalue weighted by molar-refractivity contribution is 5.84. The van der Waals surface area contributed by atoms with Crippen molar-refractivity contribution < 1.29 is 14.6 Å². The van der Waals surface area contributed by atoms with Gasteiger partial charge in [0.25, 0.3) is 0 Å². The molecule has 0 bridgehead atoms. The zero-order valence-corrected chi connectivity index (χ0v) is 11.7. The van der Waals surface area contributed by atoms with Crippen LogP contribution in [0, 0.1) is 0 Å². The summed E-state index contributed by atoms with van der Waals surface area (Å²) in [7, 11) is 1.62. The van der Waals surface area contributed by atoms with Crippen LogP contribution < -0.4 is 4.74 Å². The highest BCUT2D eigenvalue weighted by Crippen LogP contribution is 2.26. The topological polar surface area (TPSA) is 46.5 Å². The van der Waals surface area contributed by atoms with E-state index in [1.165, 1.54) is 6.08 Å². The Morgan fingerprint density at radius 1 is 1.05 bits per heavy atom. The first-order valence-electron chi connectivity index (χ1n) is 6.52. The number of benzene rings is 2. The van der Waals surface area contributed by atoms with Gasteiger partial charge in [0.2, 0.25) is 0 Å². The van der Waals surface area contributed by atoms with Crippen molar-refractivity contribution in [3.05, 3.63) is 84.0 Å². The third-order valence-corrected chi connectivity index (χ3v) is 2.97. The number of hydrogen-bond donors (Lipinski definition) is 1. The summed E-state index contributed by atoms with van der Waals surface area (Å²) in [4.78, 5) is 10.6. The van der Waals surface area contributed by atoms with E-state index in [-0.39, 0.29) is 0 Å². The van der Waals surface area contributed by atoms with Crippen molar-refractivity contribution in [2.45, 2.75) is 0 Å². The lowest BCUT2D eigenvalue weighted by Gasteiger charge is -2.09. The number of hydrogen-bond acceptors (Lipinski definition) is 2. The Hall–Kier alpha value is -2.81. The van der Waals surface area contributed by atoms with Crippen molar-refractivity contribution in [3.63, 3.8) is 0 Å². The quantitative estimate of drug-likeness (QED) is 0.670. The Morgan fingerprint density at radius 2 is 1.76 bits per heavy atom. The number of allylic oxidation sites excluding steroid dienone is 2. The minimum absolute atomic E-state index is 0.761. The number of carboxylic acids is 1. The molecule has 0 aliphatic rings. The lowest BCUT2D eigenvalue weighted by atomic mass is 9.97. The molecule has 0 heterocycles. The van der Waals surface area contributed by atoms with Crippen molar-refractivity contribution in [1.29, 1.82) is 0 Å². The number of aliphatic carboxylic acids is 1. The Morgan fingerprint density at radius 3 is 2.43 bits per heavy atom. The van der Waals surface area contributed by atoms with Gasteiger partial charge in [-0.25, -0.2) is 4.79 Å². The summed E-state index contributed by atoms with van der Waals surface area (Å²) in [6.45, 7) is 0. The van der Waals surface area contributed by atoms with Gasteiger partial charge >= 0.3 is 5.97 Å². The van der Waals surface area contributed by atoms with Crippen molar-refractivity contribution in [3.8, 4) is 5.75 Å². The molecule has 21 heavy (non-hydrogen) atoms. The summed E-state index contributed by atoms with van der Waals surface area (Å²) in [6, 6.07) is 17.5. The molecule has 0 saturated carbocycles. The molecule has 3 nitrogen and oxygen atoms in total. The van der Waals surface area contributed by atoms with Gasteiger partial charge in [0, 0.05) is 6.08 Å². The highest BCUT2D eigenvalue weighted by atomic mass is 16.5. The van der Waals surface area contributed by atoms with E-state index in [2.05, 4.69) is 0 Å². The van der Waals surface area contributed by atoms with E-state index in [0.717, 1.165) is 28.5 Å². The molecule has 0 spiro atoms. The van der Waals surface area contributed by atoms with Crippen LogP contribution in [0.3, 0.4) is 0 Å². The molecule has 2 aromatic rings. The van der Waals surface area contributed by atoms with E-state index >= 15 is 0 Å². The Kier molecular flexibility index (Phi) is 4.94. The fourth-order valence-electron chi connectivity index (χ4n) is 1.99. The Labute approximate surface area is 123 Å². The third kappa shape index (κ3) is 4.08. The number of rotatable bonds is 5. The van der Waals surface area contributed by atoms with Crippen LogP contribution in [0.25, 0.3) is 5.57 Å². The summed E-state index contributed by atoms with van der Waals surface area (Å²) in [5, 5.41) is 8.71. The molecule has 0 saturated heterocycles. The molecule has 0 aromatic heterocycles. The van der Waals surface area contributed by atoms with E-state index < -0.39 is 5.97 Å². The largest absolute Gasteiger partial charge is 0.497 e. The normalized spacial score (nSPS) is 11.6. The first-order valence-corrected chi connectivity index (χ1v) is 6.52. The predicted octanol–water partition coefficient (Wildman–Crippen LogP) is 3.77. The van der Waals surface area contributed by atoms with Gasteiger partial charge in [-0.15, -0.1) is 0 Å². The molecule has 0 atom stereocenters. The van der Waals surface area contributed by atoms with Gasteiger partial charge in [0.1, 0.15) is 5.75 Å². The molecule has 0 aliphatic carbocycles. The maximum absolute atomic E-state index is 10.6. The minimum atomic E-state index is -0.968. The molecule has 0 radical (unpaired) electrons. The van der Waals surface area contributed by atoms with Gasteiger partial charge in [0.15, 0.2) is 0 Å². The summed E-state index contributed by atoms with van der Waals surface area (Å²) < 4.78 is 5.24. The van der Waals surface area contributed by atoms with Gasteiger partial charge in [-0.3, -0.25) is 0 Å². The molecule has 2 aromatic carbocycles. The van der Waals surface area contributed by atoms with Gasteiger partial charge in [-0.1, -0.05) is 54.6 Å². The molecular weight excluding hydrogens is 264 g/mol. The molecule has 0 unspecified atom stereocenters. The zero-order chi connectivity index (χ0) is 15.1. The number of ether oxygens (including phenoxy) is 1. The van der Waals surface area contributed by atoms with Gasteiger partial charge in [-0.2, -0.15) is 0 Å². The fourth-order valence-corrected chi connectivity index (χ4v) is 1.99. The molecular formula is C18H16O3. The third-order valence-electron chi connectivity index (χ3n) is 2.97. The molecule has 2 rings (SSSR count). The number of methoxy groups -OCH3 is 1. The summed E-state index contributed by atoms with van der Waals surface area (Å²) in [5.41, 5.74) is 2.92. The maximum Gasteiger partial charge on any atom is 0.328 e. The fraction of sp³-hybridized carbons (Fsp3) is 0.0556. The van der Waals surface area contributed by atoms with Crippen LogP contribution in [0.5, 0.6) is 5.75 Å². The van der Waals surface area contributed by atoms with Crippen molar-refractivity contribution >= 4 is 11.5 Å². The summed E-state index contributed by atoms with van der Waals surface area (Å²) in [5.74, 6) is -0.208. The monoisotopic (exact) mass is 280 g/mol. The van der Waals surface area contributed by atoms with Crippen LogP contribution >= 0.6 is 0 Å². The maximum atomic E-state index is 10.6. The molecule has 1 N–H and O–H groups in total. The average Bonchev–Trinajstić information content (AvgIpc) is 2.52. The number of carbonyl (C=O) groups is 1. The van der Waals surface area contributed by atoms with Crippen LogP contribution in [0.4, 0.5) is 0 Å². The van der Waals surface area contributed by atoms with Crippen LogP contribution in [0.1, 0.15) is 11.1 Å². The Balaban J connectivity index is 2.47. The minimum Gasteiger partial charge on any atom is -0.497 e. The SMILES string of the molecule is COc1cccc(/C(=C/C=C/C(=O)O)c2ccccc2)c1. The second-order valence-corrected chi connectivity index (χ2v) is 4.38. The highest BCUT2D eigenvalue weighted by Gasteiger charge is 2.05. The zero-order valence-electron chi connectivity index (χ0n) is 11.7. The first kappa shape index (κ1) is 14.6. The van der Waals surface area contributed by atoms with Crippen molar-refractivity contribution in [1.82, 2.24) is 0 Å². The van der Waals surface area contributed by atoms with E-state index in [9.17, 15) is 4.79 Å². The van der Waals surface area contributed by atoms with E-state index in [1.807, 2.05) is 54.6 Å². The molecule has 0 amide bonds. The summed E-state index contributed by atoms with van der Waals surface area (Å²) >= 11 is 0. The van der Waals surface area contributed by atoms with E-state index in [4.69, 9.17) is 9.84 Å². The van der Waals surface area contributed by atoms with Gasteiger partial charge < -0.3 is 9.84 Å². The van der Waals surface area contributed by atoms with Crippen LogP contribution in [-0.2, 0) is 4.79 Å². The van der Waals surface area contributed by atoms with Crippen LogP contribution in [-0.4, -0.2) is 18.2 Å². The van der Waals surface area contributed by atoms with E-state index in [0.29, 0.717) is 0 Å². The molecule has 3 heteroatoms. The lowest BCUT2D eigenvalue weighted by Crippen LogP contribution is -1.90. The smallest absolute Gasteiger partial charge is 0.328 e. The van der Waals surface area contributed by atoms with Gasteiger partial charge in [0.05, 0.1) is 7.11 Å². The molecule has 0 aliphatic heterocycles. The lowest BCUT2D eigenvalue weighted by molar-refractivity contribution is -0.131. The average molecular weight is 280 g/mol. The standard InChI is InChI=1S/C18H16O3/c1-21-16-10-5-9-15(13-16)17(11-6-12-18(19)20)14-7-3-2-4-8-14/h2-13H,1H3,(H,19,20)/b12-6+,17-11+. The first-order chi connectivity index (χ1) is 10.2. The predicted molar refractivity (Wildman–Crippen MR) is 83.3 cm³/mol. The van der Waals surface area contributed by atoms with Crippen LogP contribution in [0.15, 0.2) is 72.8 Å². The van der Waals surface area contributed by atoms with E-state index in [1.54, 1.807) is 13.2 Å².